The number of aryl methyl sites for hydroxylation is 1. The second kappa shape index (κ2) is 6.45. The smallest absolute Gasteiger partial charge is 0.230 e. The molecule has 0 saturated carbocycles. The van der Waals surface area contributed by atoms with E-state index in [1.165, 1.54) is 24.0 Å². The number of hydrogen-bond donors (Lipinski definition) is 2. The minimum Gasteiger partial charge on any atom is -0.352 e. The lowest BCUT2D eigenvalue weighted by Crippen LogP contribution is -2.53. The maximum atomic E-state index is 13.1. The van der Waals surface area contributed by atoms with Crippen LogP contribution in [0.1, 0.15) is 56.6 Å². The largest absolute Gasteiger partial charge is 0.352 e. The molecule has 2 aliphatic heterocycles. The first-order valence-corrected chi connectivity index (χ1v) is 8.80. The Morgan fingerprint density at radius 1 is 1.22 bits per heavy atom. The first kappa shape index (κ1) is 16.8. The number of hydrogen-bond acceptors (Lipinski definition) is 2. The molecule has 3 atom stereocenters. The van der Waals surface area contributed by atoms with E-state index in [-0.39, 0.29) is 23.7 Å². The van der Waals surface area contributed by atoms with Crippen molar-refractivity contribution in [3.05, 3.63) is 35.4 Å². The van der Waals surface area contributed by atoms with Crippen molar-refractivity contribution in [3.8, 4) is 0 Å². The van der Waals surface area contributed by atoms with Crippen molar-refractivity contribution in [1.29, 1.82) is 0 Å². The van der Waals surface area contributed by atoms with E-state index in [1.54, 1.807) is 0 Å². The number of fused-ring (bicyclic) bond motifs is 3. The lowest BCUT2D eigenvalue weighted by molar-refractivity contribution is -0.127. The van der Waals surface area contributed by atoms with Gasteiger partial charge in [0, 0.05) is 18.1 Å². The molecule has 0 radical (unpaired) electrons. The quantitative estimate of drug-likeness (QED) is 0.872. The molecule has 1 aromatic carbocycles. The molecule has 126 valence electrons. The molecule has 1 amide bonds. The molecule has 0 spiro atoms. The predicted molar refractivity (Wildman–Crippen MR) is 95.1 cm³/mol. The van der Waals surface area contributed by atoms with Gasteiger partial charge in [0.1, 0.15) is 0 Å². The van der Waals surface area contributed by atoms with Gasteiger partial charge in [-0.05, 0) is 63.0 Å². The van der Waals surface area contributed by atoms with Crippen LogP contribution in [0.15, 0.2) is 24.3 Å². The van der Waals surface area contributed by atoms with Crippen molar-refractivity contribution >= 4 is 18.3 Å². The number of benzene rings is 1. The standard InChI is InChI=1S/C19H26N2O.ClH/c1-19(10-4-6-13-5-2-3-7-17(13)19)18(22)21-16-11-14-8-9-15(12-16)20-14;/h2-3,5,7,14-16,20H,4,6,8-12H2,1H3,(H,21,22);1H. The van der Waals surface area contributed by atoms with Gasteiger partial charge in [0.05, 0.1) is 5.41 Å². The van der Waals surface area contributed by atoms with E-state index in [0.29, 0.717) is 18.1 Å². The highest BCUT2D eigenvalue weighted by Crippen LogP contribution is 2.38. The van der Waals surface area contributed by atoms with Gasteiger partial charge in [-0.15, -0.1) is 12.4 Å². The van der Waals surface area contributed by atoms with Gasteiger partial charge in [-0.25, -0.2) is 0 Å². The van der Waals surface area contributed by atoms with Crippen LogP contribution in [0.3, 0.4) is 0 Å². The first-order valence-electron chi connectivity index (χ1n) is 8.80. The molecule has 2 bridgehead atoms. The van der Waals surface area contributed by atoms with E-state index in [4.69, 9.17) is 0 Å². The van der Waals surface area contributed by atoms with Crippen LogP contribution in [0.5, 0.6) is 0 Å². The Kier molecular flexibility index (Phi) is 4.70. The summed E-state index contributed by atoms with van der Waals surface area (Å²) in [6.07, 6.45) is 7.93. The molecule has 3 unspecified atom stereocenters. The second-order valence-electron chi connectivity index (χ2n) is 7.62. The van der Waals surface area contributed by atoms with Crippen LogP contribution < -0.4 is 10.6 Å². The summed E-state index contributed by atoms with van der Waals surface area (Å²) in [5, 5.41) is 7.04. The van der Waals surface area contributed by atoms with Crippen molar-refractivity contribution in [2.45, 2.75) is 75.4 Å². The van der Waals surface area contributed by atoms with Gasteiger partial charge in [-0.1, -0.05) is 24.3 Å². The number of rotatable bonds is 2. The summed E-state index contributed by atoms with van der Waals surface area (Å²) < 4.78 is 0. The Morgan fingerprint density at radius 3 is 2.65 bits per heavy atom. The second-order valence-corrected chi connectivity index (χ2v) is 7.62. The van der Waals surface area contributed by atoms with E-state index in [9.17, 15) is 4.79 Å². The Labute approximate surface area is 145 Å². The van der Waals surface area contributed by atoms with Crippen LogP contribution in [0.4, 0.5) is 0 Å². The maximum absolute atomic E-state index is 13.1. The number of amides is 1. The van der Waals surface area contributed by atoms with Crippen LogP contribution in [-0.2, 0) is 16.6 Å². The third-order valence-corrected chi connectivity index (χ3v) is 6.04. The predicted octanol–water partition coefficient (Wildman–Crippen LogP) is 3.10. The Bertz CT molecular complexity index is 578. The molecule has 23 heavy (non-hydrogen) atoms. The molecule has 3 nitrogen and oxygen atoms in total. The summed E-state index contributed by atoms with van der Waals surface area (Å²) in [7, 11) is 0. The molecule has 2 fully saturated rings. The summed E-state index contributed by atoms with van der Waals surface area (Å²) in [5.41, 5.74) is 2.26. The number of carbonyl (C=O) groups excluding carboxylic acids is 1. The van der Waals surface area contributed by atoms with Gasteiger partial charge in [0.25, 0.3) is 0 Å². The SMILES string of the molecule is CC1(C(=O)NC2CC3CCC(C2)N3)CCCc2ccccc21.Cl. The molecule has 2 N–H and O–H groups in total. The molecule has 4 rings (SSSR count). The summed E-state index contributed by atoms with van der Waals surface area (Å²) in [6, 6.07) is 10.1. The van der Waals surface area contributed by atoms with E-state index in [2.05, 4.69) is 41.8 Å². The van der Waals surface area contributed by atoms with Gasteiger partial charge >= 0.3 is 0 Å². The molecule has 2 heterocycles. The number of piperidine rings is 1. The molecular formula is C19H27ClN2O. The molecule has 3 aliphatic rings. The highest BCUT2D eigenvalue weighted by Gasteiger charge is 2.41. The van der Waals surface area contributed by atoms with Gasteiger partial charge in [0.2, 0.25) is 5.91 Å². The van der Waals surface area contributed by atoms with Gasteiger partial charge < -0.3 is 10.6 Å². The first-order chi connectivity index (χ1) is 10.6. The van der Waals surface area contributed by atoms with Crippen LogP contribution in [0.2, 0.25) is 0 Å². The van der Waals surface area contributed by atoms with Gasteiger partial charge in [-0.3, -0.25) is 4.79 Å². The summed E-state index contributed by atoms with van der Waals surface area (Å²) in [5.74, 6) is 0.242. The number of nitrogens with one attached hydrogen (secondary N) is 2. The van der Waals surface area contributed by atoms with Crippen molar-refractivity contribution in [1.82, 2.24) is 10.6 Å². The normalized spacial score (nSPS) is 35.1. The maximum Gasteiger partial charge on any atom is 0.230 e. The zero-order valence-electron chi connectivity index (χ0n) is 13.8. The van der Waals surface area contributed by atoms with Crippen LogP contribution in [0, 0.1) is 0 Å². The summed E-state index contributed by atoms with van der Waals surface area (Å²) in [6.45, 7) is 2.13. The third-order valence-electron chi connectivity index (χ3n) is 6.04. The number of carbonyl (C=O) groups is 1. The fourth-order valence-electron chi connectivity index (χ4n) is 4.80. The fraction of sp³-hybridized carbons (Fsp3) is 0.632. The van der Waals surface area contributed by atoms with Gasteiger partial charge in [0.15, 0.2) is 0 Å². The highest BCUT2D eigenvalue weighted by molar-refractivity contribution is 5.88. The average Bonchev–Trinajstić information content (AvgIpc) is 2.86. The number of halogens is 1. The molecule has 1 aliphatic carbocycles. The minimum absolute atomic E-state index is 0. The van der Waals surface area contributed by atoms with Crippen molar-refractivity contribution < 1.29 is 4.79 Å². The van der Waals surface area contributed by atoms with Crippen molar-refractivity contribution in [2.24, 2.45) is 0 Å². The third kappa shape index (κ3) is 3.01. The topological polar surface area (TPSA) is 41.1 Å². The average molecular weight is 335 g/mol. The minimum atomic E-state index is -0.348. The van der Waals surface area contributed by atoms with E-state index in [1.807, 2.05) is 0 Å². The fourth-order valence-corrected chi connectivity index (χ4v) is 4.80. The Morgan fingerprint density at radius 2 is 1.91 bits per heavy atom. The summed E-state index contributed by atoms with van der Waals surface area (Å²) >= 11 is 0. The van der Waals surface area contributed by atoms with Crippen LogP contribution in [0.25, 0.3) is 0 Å². The van der Waals surface area contributed by atoms with Crippen molar-refractivity contribution in [2.75, 3.05) is 0 Å². The van der Waals surface area contributed by atoms with Crippen molar-refractivity contribution in [3.63, 3.8) is 0 Å². The molecule has 4 heteroatoms. The lowest BCUT2D eigenvalue weighted by Gasteiger charge is -2.37. The Hall–Kier alpha value is -1.06. The summed E-state index contributed by atoms with van der Waals surface area (Å²) in [4.78, 5) is 13.1. The zero-order chi connectivity index (χ0) is 15.2. The van der Waals surface area contributed by atoms with Crippen LogP contribution >= 0.6 is 12.4 Å². The molecule has 1 aromatic rings. The zero-order valence-corrected chi connectivity index (χ0v) is 14.6. The molecular weight excluding hydrogens is 308 g/mol. The van der Waals surface area contributed by atoms with Gasteiger partial charge in [-0.2, -0.15) is 0 Å². The molecule has 0 aromatic heterocycles. The van der Waals surface area contributed by atoms with Crippen LogP contribution in [-0.4, -0.2) is 24.0 Å². The highest BCUT2D eigenvalue weighted by atomic mass is 35.5. The van der Waals surface area contributed by atoms with E-state index < -0.39 is 0 Å². The van der Waals surface area contributed by atoms with E-state index in [0.717, 1.165) is 32.1 Å². The van der Waals surface area contributed by atoms with E-state index >= 15 is 0 Å². The Balaban J connectivity index is 0.00000156. The molecule has 2 saturated heterocycles. The monoisotopic (exact) mass is 334 g/mol. The lowest BCUT2D eigenvalue weighted by atomic mass is 9.70.